The molecule has 0 saturated carbocycles. The van der Waals surface area contributed by atoms with E-state index in [1.807, 2.05) is 0 Å². The highest BCUT2D eigenvalue weighted by Gasteiger charge is 2.28. The van der Waals surface area contributed by atoms with Crippen molar-refractivity contribution >= 4 is 23.1 Å². The molecule has 1 aliphatic rings. The lowest BCUT2D eigenvalue weighted by Crippen LogP contribution is -2.15. The average Bonchev–Trinajstić information content (AvgIpc) is 3.19. The van der Waals surface area contributed by atoms with Gasteiger partial charge in [0, 0.05) is 15.0 Å². The van der Waals surface area contributed by atoms with Crippen molar-refractivity contribution in [3.8, 4) is 0 Å². The molecule has 0 saturated heterocycles. The van der Waals surface area contributed by atoms with Crippen LogP contribution in [0.25, 0.3) is 0 Å². The summed E-state index contributed by atoms with van der Waals surface area (Å²) in [5.41, 5.74) is 0.335. The molecule has 0 nitrogen and oxygen atoms in total. The molecular formula is C22H36S2. The predicted molar refractivity (Wildman–Crippen MR) is 113 cm³/mol. The number of thiophene rings is 1. The molecule has 1 aromatic rings. The van der Waals surface area contributed by atoms with Crippen LogP contribution in [-0.4, -0.2) is 0 Å². The summed E-state index contributed by atoms with van der Waals surface area (Å²) in [6, 6.07) is 4.81. The van der Waals surface area contributed by atoms with Crippen molar-refractivity contribution in [3.05, 3.63) is 32.9 Å². The van der Waals surface area contributed by atoms with E-state index in [1.54, 1.807) is 14.7 Å². The molecule has 1 aliphatic heterocycles. The van der Waals surface area contributed by atoms with Crippen LogP contribution < -0.4 is 0 Å². The van der Waals surface area contributed by atoms with Crippen molar-refractivity contribution in [1.82, 2.24) is 0 Å². The van der Waals surface area contributed by atoms with Crippen molar-refractivity contribution in [3.63, 3.8) is 0 Å². The van der Waals surface area contributed by atoms with Crippen molar-refractivity contribution in [2.75, 3.05) is 0 Å². The average molecular weight is 365 g/mol. The molecule has 0 spiro atoms. The zero-order chi connectivity index (χ0) is 17.7. The van der Waals surface area contributed by atoms with Gasteiger partial charge in [-0.3, -0.25) is 0 Å². The third kappa shape index (κ3) is 5.14. The number of hydrogen-bond acceptors (Lipinski definition) is 2. The monoisotopic (exact) mass is 364 g/mol. The number of hydrogen-bond donors (Lipinski definition) is 0. The van der Waals surface area contributed by atoms with E-state index in [0.717, 1.165) is 5.92 Å². The van der Waals surface area contributed by atoms with Crippen LogP contribution in [0.3, 0.4) is 0 Å². The van der Waals surface area contributed by atoms with Gasteiger partial charge >= 0.3 is 0 Å². The second kappa shape index (κ2) is 8.94. The van der Waals surface area contributed by atoms with E-state index in [1.165, 1.54) is 38.5 Å². The van der Waals surface area contributed by atoms with Gasteiger partial charge in [-0.1, -0.05) is 73.3 Å². The van der Waals surface area contributed by atoms with Crippen LogP contribution in [0.1, 0.15) is 95.1 Å². The van der Waals surface area contributed by atoms with E-state index < -0.39 is 0 Å². The minimum atomic E-state index is 0.335. The second-order valence-electron chi connectivity index (χ2n) is 8.38. The molecule has 0 radical (unpaired) electrons. The summed E-state index contributed by atoms with van der Waals surface area (Å²) in [5, 5.41) is 0.663. The maximum absolute atomic E-state index is 2.50. The van der Waals surface area contributed by atoms with Gasteiger partial charge in [-0.2, -0.15) is 0 Å². The molecule has 0 bridgehead atoms. The SMILES string of the molecule is CCCCCCC(C)(C)c1ccc(C2CC=C([C@H](C)C(C)C)S2)s1. The molecular weight excluding hydrogens is 328 g/mol. The molecule has 0 N–H and O–H groups in total. The van der Waals surface area contributed by atoms with Gasteiger partial charge in [-0.05, 0) is 47.1 Å². The molecule has 2 heteroatoms. The highest BCUT2D eigenvalue weighted by molar-refractivity contribution is 8.03. The Morgan fingerprint density at radius 3 is 2.54 bits per heavy atom. The Morgan fingerprint density at radius 2 is 1.88 bits per heavy atom. The normalized spacial score (nSPS) is 19.8. The molecule has 0 aromatic carbocycles. The molecule has 0 amide bonds. The van der Waals surface area contributed by atoms with Crippen LogP contribution >= 0.6 is 23.1 Å². The molecule has 0 fully saturated rings. The summed E-state index contributed by atoms with van der Waals surface area (Å²) in [5.74, 6) is 1.44. The Morgan fingerprint density at radius 1 is 1.12 bits per heavy atom. The van der Waals surface area contributed by atoms with Crippen molar-refractivity contribution in [2.24, 2.45) is 11.8 Å². The van der Waals surface area contributed by atoms with Gasteiger partial charge in [0.05, 0.1) is 0 Å². The maximum atomic E-state index is 2.50. The highest BCUT2D eigenvalue weighted by Crippen LogP contribution is 2.50. The van der Waals surface area contributed by atoms with Crippen LogP contribution in [0.5, 0.6) is 0 Å². The molecule has 1 aromatic heterocycles. The van der Waals surface area contributed by atoms with Crippen molar-refractivity contribution in [2.45, 2.75) is 90.7 Å². The van der Waals surface area contributed by atoms with Gasteiger partial charge in [-0.25, -0.2) is 0 Å². The Balaban J connectivity index is 1.94. The lowest BCUT2D eigenvalue weighted by atomic mass is 9.85. The van der Waals surface area contributed by atoms with E-state index in [-0.39, 0.29) is 0 Å². The lowest BCUT2D eigenvalue weighted by molar-refractivity contribution is 0.453. The highest BCUT2D eigenvalue weighted by atomic mass is 32.2. The quantitative estimate of drug-likeness (QED) is 0.397. The van der Waals surface area contributed by atoms with E-state index >= 15 is 0 Å². The number of unbranched alkanes of at least 4 members (excludes halogenated alkanes) is 3. The van der Waals surface area contributed by atoms with Crippen molar-refractivity contribution in [1.29, 1.82) is 0 Å². The fraction of sp³-hybridized carbons (Fsp3) is 0.727. The molecule has 2 rings (SSSR count). The Hall–Kier alpha value is -0.210. The number of allylic oxidation sites excluding steroid dienone is 2. The van der Waals surface area contributed by atoms with Gasteiger partial charge in [0.25, 0.3) is 0 Å². The van der Waals surface area contributed by atoms with E-state index in [9.17, 15) is 0 Å². The standard InChI is InChI=1S/C22H36S2/c1-7-8-9-10-15-22(5,6)21-14-13-20(24-21)19-12-11-18(23-19)17(4)16(2)3/h11,13-14,16-17,19H,7-10,12,15H2,1-6H3/t17-,19?/m1/s1. The van der Waals surface area contributed by atoms with Crippen LogP contribution in [-0.2, 0) is 5.41 Å². The first-order chi connectivity index (χ1) is 11.3. The topological polar surface area (TPSA) is 0 Å². The maximum Gasteiger partial charge on any atom is 0.0470 e. The molecule has 2 heterocycles. The Bertz CT molecular complexity index is 536. The van der Waals surface area contributed by atoms with Crippen LogP contribution in [0.2, 0.25) is 0 Å². The van der Waals surface area contributed by atoms with Crippen molar-refractivity contribution < 1.29 is 0 Å². The first-order valence-electron chi connectivity index (χ1n) is 9.82. The Kier molecular flexibility index (Phi) is 7.49. The molecule has 136 valence electrons. The van der Waals surface area contributed by atoms with Gasteiger partial charge in [-0.15, -0.1) is 23.1 Å². The zero-order valence-electron chi connectivity index (χ0n) is 16.5. The van der Waals surface area contributed by atoms with Crippen LogP contribution in [0, 0.1) is 11.8 Å². The fourth-order valence-electron chi connectivity index (χ4n) is 3.29. The molecule has 0 aliphatic carbocycles. The minimum absolute atomic E-state index is 0.335. The molecule has 24 heavy (non-hydrogen) atoms. The van der Waals surface area contributed by atoms with Gasteiger partial charge in [0.1, 0.15) is 0 Å². The van der Waals surface area contributed by atoms with Gasteiger partial charge in [0.15, 0.2) is 0 Å². The Labute approximate surface area is 158 Å². The third-order valence-corrected chi connectivity index (χ3v) is 8.78. The summed E-state index contributed by atoms with van der Waals surface area (Å²) < 4.78 is 0. The van der Waals surface area contributed by atoms with E-state index in [2.05, 4.69) is 82.8 Å². The summed E-state index contributed by atoms with van der Waals surface area (Å²) in [7, 11) is 0. The van der Waals surface area contributed by atoms with Crippen LogP contribution in [0.15, 0.2) is 23.1 Å². The lowest BCUT2D eigenvalue weighted by Gasteiger charge is -2.23. The molecule has 1 unspecified atom stereocenters. The van der Waals surface area contributed by atoms with E-state index in [4.69, 9.17) is 0 Å². The van der Waals surface area contributed by atoms with Crippen LogP contribution in [0.4, 0.5) is 0 Å². The summed E-state index contributed by atoms with van der Waals surface area (Å²) in [6.45, 7) is 14.2. The zero-order valence-corrected chi connectivity index (χ0v) is 18.2. The minimum Gasteiger partial charge on any atom is -0.144 e. The summed E-state index contributed by atoms with van der Waals surface area (Å²) >= 11 is 4.19. The number of thioether (sulfide) groups is 1. The first-order valence-corrected chi connectivity index (χ1v) is 11.5. The number of rotatable bonds is 9. The summed E-state index contributed by atoms with van der Waals surface area (Å²) in [4.78, 5) is 4.78. The fourth-order valence-corrected chi connectivity index (χ4v) is 6.10. The third-order valence-electron chi connectivity index (χ3n) is 5.53. The predicted octanol–water partition coefficient (Wildman–Crippen LogP) is 8.35. The largest absolute Gasteiger partial charge is 0.144 e. The summed E-state index contributed by atoms with van der Waals surface area (Å²) in [6.07, 6.45) is 10.5. The van der Waals surface area contributed by atoms with E-state index in [0.29, 0.717) is 16.6 Å². The first kappa shape index (κ1) is 20.1. The molecule has 2 atom stereocenters. The van der Waals surface area contributed by atoms with Gasteiger partial charge < -0.3 is 0 Å². The second-order valence-corrected chi connectivity index (χ2v) is 10.8. The smallest absolute Gasteiger partial charge is 0.0470 e. The van der Waals surface area contributed by atoms with Gasteiger partial charge in [0.2, 0.25) is 0 Å².